The Labute approximate surface area is 175 Å². The van der Waals surface area contributed by atoms with E-state index in [0.29, 0.717) is 38.3 Å². The Kier molecular flexibility index (Phi) is 7.38. The van der Waals surface area contributed by atoms with E-state index in [1.807, 2.05) is 0 Å². The molecular weight excluding hydrogens is 390 g/mol. The third kappa shape index (κ3) is 5.34. The fourth-order valence-electron chi connectivity index (χ4n) is 3.34. The highest BCUT2D eigenvalue weighted by Gasteiger charge is 2.26. The van der Waals surface area contributed by atoms with E-state index in [-0.39, 0.29) is 17.4 Å². The van der Waals surface area contributed by atoms with Gasteiger partial charge >= 0.3 is 0 Å². The van der Waals surface area contributed by atoms with Gasteiger partial charge in [0.15, 0.2) is 11.6 Å². The highest BCUT2D eigenvalue weighted by atomic mass is 19.2. The smallest absolute Gasteiger partial charge is 0.254 e. The van der Waals surface area contributed by atoms with Gasteiger partial charge in [-0.3, -0.25) is 9.59 Å². The maximum atomic E-state index is 13.4. The summed E-state index contributed by atoms with van der Waals surface area (Å²) in [6, 6.07) is 10.2. The Bertz CT molecular complexity index is 879. The molecule has 0 saturated carbocycles. The van der Waals surface area contributed by atoms with Crippen LogP contribution in [-0.2, 0) is 0 Å². The topological polar surface area (TPSA) is 49.9 Å². The largest absolute Gasteiger partial charge is 0.494 e. The zero-order valence-corrected chi connectivity index (χ0v) is 17.1. The van der Waals surface area contributed by atoms with Crippen LogP contribution in [0.1, 0.15) is 46.9 Å². The molecule has 0 bridgehead atoms. The number of carbonyl (C=O) groups is 2. The van der Waals surface area contributed by atoms with Gasteiger partial charge in [0.05, 0.1) is 6.61 Å². The minimum atomic E-state index is -1.05. The molecule has 0 aliphatic carbocycles. The summed E-state index contributed by atoms with van der Waals surface area (Å²) in [6.45, 7) is 4.23. The second kappa shape index (κ2) is 10.2. The van der Waals surface area contributed by atoms with E-state index in [9.17, 15) is 18.4 Å². The third-order valence-electron chi connectivity index (χ3n) is 5.14. The van der Waals surface area contributed by atoms with E-state index in [1.165, 1.54) is 6.07 Å². The van der Waals surface area contributed by atoms with Crippen LogP contribution in [0.2, 0.25) is 0 Å². The van der Waals surface area contributed by atoms with Crippen LogP contribution in [0.25, 0.3) is 0 Å². The molecule has 7 heteroatoms. The van der Waals surface area contributed by atoms with E-state index in [4.69, 9.17) is 4.74 Å². The molecule has 5 nitrogen and oxygen atoms in total. The van der Waals surface area contributed by atoms with Crippen LogP contribution in [0.15, 0.2) is 42.5 Å². The average molecular weight is 416 g/mol. The lowest BCUT2D eigenvalue weighted by atomic mass is 10.1. The molecule has 0 radical (unpaired) electrons. The predicted molar refractivity (Wildman–Crippen MR) is 110 cm³/mol. The molecule has 3 rings (SSSR count). The summed E-state index contributed by atoms with van der Waals surface area (Å²) in [6.07, 6.45) is 3.27. The maximum Gasteiger partial charge on any atom is 0.254 e. The van der Waals surface area contributed by atoms with Crippen molar-refractivity contribution in [3.63, 3.8) is 0 Å². The van der Waals surface area contributed by atoms with E-state index in [2.05, 4.69) is 6.92 Å². The molecular formula is C23H26F2N2O3. The predicted octanol–water partition coefficient (Wildman–Crippen LogP) is 4.13. The van der Waals surface area contributed by atoms with Gasteiger partial charge in [0, 0.05) is 37.3 Å². The first-order chi connectivity index (χ1) is 14.5. The van der Waals surface area contributed by atoms with Crippen molar-refractivity contribution >= 4 is 11.8 Å². The lowest BCUT2D eigenvalue weighted by Crippen LogP contribution is -2.50. The number of rotatable bonds is 7. The first-order valence-electron chi connectivity index (χ1n) is 10.3. The number of hydrogen-bond acceptors (Lipinski definition) is 3. The zero-order valence-electron chi connectivity index (χ0n) is 17.1. The van der Waals surface area contributed by atoms with E-state index >= 15 is 0 Å². The number of ether oxygens (including phenoxy) is 1. The summed E-state index contributed by atoms with van der Waals surface area (Å²) < 4.78 is 32.1. The molecule has 0 atom stereocenters. The zero-order chi connectivity index (χ0) is 21.5. The van der Waals surface area contributed by atoms with E-state index in [1.54, 1.807) is 34.1 Å². The Hall–Kier alpha value is -2.96. The van der Waals surface area contributed by atoms with Gasteiger partial charge in [-0.05, 0) is 48.9 Å². The number of carbonyl (C=O) groups excluding carboxylic acids is 2. The van der Waals surface area contributed by atoms with E-state index < -0.39 is 11.6 Å². The minimum Gasteiger partial charge on any atom is -0.494 e. The van der Waals surface area contributed by atoms with Crippen molar-refractivity contribution in [1.29, 1.82) is 0 Å². The molecule has 30 heavy (non-hydrogen) atoms. The highest BCUT2D eigenvalue weighted by Crippen LogP contribution is 2.17. The van der Waals surface area contributed by atoms with Gasteiger partial charge in [0.2, 0.25) is 0 Å². The van der Waals surface area contributed by atoms with Gasteiger partial charge in [-0.1, -0.05) is 19.8 Å². The maximum absolute atomic E-state index is 13.4. The Morgan fingerprint density at radius 3 is 1.97 bits per heavy atom. The number of piperazine rings is 1. The van der Waals surface area contributed by atoms with Crippen molar-refractivity contribution in [2.45, 2.75) is 26.2 Å². The summed E-state index contributed by atoms with van der Waals surface area (Å²) in [5, 5.41) is 0. The van der Waals surface area contributed by atoms with Gasteiger partial charge in [-0.2, -0.15) is 0 Å². The third-order valence-corrected chi connectivity index (χ3v) is 5.14. The second-order valence-corrected chi connectivity index (χ2v) is 7.29. The molecule has 0 N–H and O–H groups in total. The van der Waals surface area contributed by atoms with Crippen LogP contribution in [0.4, 0.5) is 8.78 Å². The molecule has 2 aromatic rings. The molecule has 2 amide bonds. The number of benzene rings is 2. The fraction of sp³-hybridized carbons (Fsp3) is 0.391. The van der Waals surface area contributed by atoms with Crippen molar-refractivity contribution < 1.29 is 23.1 Å². The van der Waals surface area contributed by atoms with E-state index in [0.717, 1.165) is 37.1 Å². The molecule has 160 valence electrons. The Balaban J connectivity index is 1.52. The quantitative estimate of drug-likeness (QED) is 0.638. The normalized spacial score (nSPS) is 14.0. The summed E-state index contributed by atoms with van der Waals surface area (Å²) in [5.74, 6) is -1.77. The van der Waals surface area contributed by atoms with Gasteiger partial charge in [-0.25, -0.2) is 8.78 Å². The van der Waals surface area contributed by atoms with Crippen LogP contribution < -0.4 is 4.74 Å². The van der Waals surface area contributed by atoms with Crippen molar-refractivity contribution in [2.24, 2.45) is 0 Å². The molecule has 0 aromatic heterocycles. The molecule has 0 spiro atoms. The first kappa shape index (κ1) is 21.7. The van der Waals surface area contributed by atoms with Crippen LogP contribution in [0.3, 0.4) is 0 Å². The SMILES string of the molecule is CCCCCOc1ccc(C(=O)N2CCN(C(=O)c3ccc(F)c(F)c3)CC2)cc1. The van der Waals surface area contributed by atoms with Crippen LogP contribution >= 0.6 is 0 Å². The van der Waals surface area contributed by atoms with Crippen molar-refractivity contribution in [1.82, 2.24) is 9.80 Å². The van der Waals surface area contributed by atoms with Crippen LogP contribution in [0.5, 0.6) is 5.75 Å². The lowest BCUT2D eigenvalue weighted by Gasteiger charge is -2.35. The molecule has 2 aromatic carbocycles. The number of halogens is 2. The summed E-state index contributed by atoms with van der Waals surface area (Å²) in [7, 11) is 0. The molecule has 1 aliphatic rings. The Morgan fingerprint density at radius 1 is 0.833 bits per heavy atom. The molecule has 1 aliphatic heterocycles. The first-order valence-corrected chi connectivity index (χ1v) is 10.3. The summed E-state index contributed by atoms with van der Waals surface area (Å²) in [4.78, 5) is 28.5. The number of unbranched alkanes of at least 4 members (excludes halogenated alkanes) is 2. The van der Waals surface area contributed by atoms with Gasteiger partial charge in [0.1, 0.15) is 5.75 Å². The second-order valence-electron chi connectivity index (χ2n) is 7.29. The van der Waals surface area contributed by atoms with Crippen LogP contribution in [0, 0.1) is 11.6 Å². The van der Waals surface area contributed by atoms with Crippen molar-refractivity contribution in [2.75, 3.05) is 32.8 Å². The van der Waals surface area contributed by atoms with Gasteiger partial charge in [0.25, 0.3) is 11.8 Å². The monoisotopic (exact) mass is 416 g/mol. The highest BCUT2D eigenvalue weighted by molar-refractivity contribution is 5.96. The average Bonchev–Trinajstić information content (AvgIpc) is 2.78. The number of nitrogens with zero attached hydrogens (tertiary/aromatic N) is 2. The van der Waals surface area contributed by atoms with Crippen molar-refractivity contribution in [3.05, 3.63) is 65.2 Å². The van der Waals surface area contributed by atoms with Crippen molar-refractivity contribution in [3.8, 4) is 5.75 Å². The van der Waals surface area contributed by atoms with Gasteiger partial charge in [-0.15, -0.1) is 0 Å². The molecule has 1 fully saturated rings. The fourth-order valence-corrected chi connectivity index (χ4v) is 3.34. The lowest BCUT2D eigenvalue weighted by molar-refractivity contribution is 0.0535. The summed E-state index contributed by atoms with van der Waals surface area (Å²) >= 11 is 0. The molecule has 0 unspecified atom stereocenters. The van der Waals surface area contributed by atoms with Crippen LogP contribution in [-0.4, -0.2) is 54.4 Å². The Morgan fingerprint density at radius 2 is 1.40 bits per heavy atom. The van der Waals surface area contributed by atoms with Gasteiger partial charge < -0.3 is 14.5 Å². The molecule has 1 heterocycles. The number of amides is 2. The standard InChI is InChI=1S/C23H26F2N2O3/c1-2-3-4-15-30-19-8-5-17(6-9-19)22(28)26-11-13-27(14-12-26)23(29)18-7-10-20(24)21(25)16-18/h5-10,16H,2-4,11-15H2,1H3. The molecule has 1 saturated heterocycles. The minimum absolute atomic E-state index is 0.100. The summed E-state index contributed by atoms with van der Waals surface area (Å²) in [5.41, 5.74) is 0.666. The number of hydrogen-bond donors (Lipinski definition) is 0.